The van der Waals surface area contributed by atoms with E-state index in [-0.39, 0.29) is 17.1 Å². The molecule has 2 rings (SSSR count). The second-order valence-corrected chi connectivity index (χ2v) is 6.90. The monoisotopic (exact) mass is 304 g/mol. The highest BCUT2D eigenvalue weighted by Gasteiger charge is 2.17. The van der Waals surface area contributed by atoms with Crippen LogP contribution < -0.4 is 0 Å². The summed E-state index contributed by atoms with van der Waals surface area (Å²) < 4.78 is 24.8. The van der Waals surface area contributed by atoms with E-state index in [1.165, 1.54) is 0 Å². The van der Waals surface area contributed by atoms with Crippen molar-refractivity contribution < 1.29 is 18.3 Å². The fraction of sp³-hybridized carbons (Fsp3) is 0.188. The third kappa shape index (κ3) is 3.92. The van der Waals surface area contributed by atoms with Gasteiger partial charge in [0.25, 0.3) is 0 Å². The van der Waals surface area contributed by atoms with Crippen molar-refractivity contribution in [2.75, 3.05) is 0 Å². The van der Waals surface area contributed by atoms with Gasteiger partial charge < -0.3 is 5.11 Å². The van der Waals surface area contributed by atoms with E-state index in [2.05, 4.69) is 0 Å². The molecular weight excluding hydrogens is 288 g/mol. The van der Waals surface area contributed by atoms with E-state index in [4.69, 9.17) is 5.11 Å². The molecule has 0 saturated heterocycles. The van der Waals surface area contributed by atoms with Gasteiger partial charge in [0.2, 0.25) is 0 Å². The standard InChI is InChI=1S/C16H16O4S/c1-12-6-8-15(9-7-12)21(19,20)11-14-5-3-2-4-13(14)10-16(17)18/h2-9H,10-11H2,1H3,(H,17,18). The van der Waals surface area contributed by atoms with Crippen molar-refractivity contribution in [3.63, 3.8) is 0 Å². The minimum Gasteiger partial charge on any atom is -0.481 e. The highest BCUT2D eigenvalue weighted by atomic mass is 32.2. The predicted molar refractivity (Wildman–Crippen MR) is 79.9 cm³/mol. The molecule has 2 aromatic rings. The van der Waals surface area contributed by atoms with Crippen molar-refractivity contribution in [1.29, 1.82) is 0 Å². The van der Waals surface area contributed by atoms with Crippen LogP contribution in [0.1, 0.15) is 16.7 Å². The van der Waals surface area contributed by atoms with Crippen molar-refractivity contribution in [3.8, 4) is 0 Å². The lowest BCUT2D eigenvalue weighted by molar-refractivity contribution is -0.136. The predicted octanol–water partition coefficient (Wildman–Crippen LogP) is 2.60. The summed E-state index contributed by atoms with van der Waals surface area (Å²) >= 11 is 0. The Morgan fingerprint density at radius 3 is 2.14 bits per heavy atom. The van der Waals surface area contributed by atoms with Crippen LogP contribution in [0.25, 0.3) is 0 Å². The molecule has 21 heavy (non-hydrogen) atoms. The van der Waals surface area contributed by atoms with Crippen LogP contribution in [0.15, 0.2) is 53.4 Å². The molecule has 0 aliphatic rings. The molecule has 0 heterocycles. The topological polar surface area (TPSA) is 71.4 Å². The molecule has 5 heteroatoms. The average Bonchev–Trinajstić information content (AvgIpc) is 2.40. The molecule has 0 amide bonds. The van der Waals surface area contributed by atoms with E-state index in [9.17, 15) is 13.2 Å². The van der Waals surface area contributed by atoms with Crippen molar-refractivity contribution >= 4 is 15.8 Å². The first-order valence-corrected chi connectivity index (χ1v) is 8.12. The van der Waals surface area contributed by atoms with E-state index in [0.717, 1.165) is 5.56 Å². The van der Waals surface area contributed by atoms with Crippen LogP contribution in [0.4, 0.5) is 0 Å². The molecule has 0 aromatic heterocycles. The zero-order valence-corrected chi connectivity index (χ0v) is 12.4. The third-order valence-electron chi connectivity index (χ3n) is 3.19. The van der Waals surface area contributed by atoms with Gasteiger partial charge in [0.15, 0.2) is 9.84 Å². The number of aryl methyl sites for hydroxylation is 1. The number of benzene rings is 2. The number of hydrogen-bond acceptors (Lipinski definition) is 3. The molecule has 0 radical (unpaired) electrons. The van der Waals surface area contributed by atoms with Crippen molar-refractivity contribution in [3.05, 3.63) is 65.2 Å². The number of sulfone groups is 1. The molecule has 2 aromatic carbocycles. The number of aliphatic carboxylic acids is 1. The zero-order valence-electron chi connectivity index (χ0n) is 11.6. The molecule has 0 unspecified atom stereocenters. The molecule has 0 saturated carbocycles. The van der Waals surface area contributed by atoms with Gasteiger partial charge in [-0.3, -0.25) is 4.79 Å². The Kier molecular flexibility index (Phi) is 4.43. The number of carboxylic acid groups (broad SMARTS) is 1. The molecule has 0 atom stereocenters. The SMILES string of the molecule is Cc1ccc(S(=O)(=O)Cc2ccccc2CC(=O)O)cc1. The largest absolute Gasteiger partial charge is 0.481 e. The molecular formula is C16H16O4S. The van der Waals surface area contributed by atoms with Crippen LogP contribution in [-0.4, -0.2) is 19.5 Å². The van der Waals surface area contributed by atoms with Crippen LogP contribution in [0.3, 0.4) is 0 Å². The number of carbonyl (C=O) groups is 1. The Morgan fingerprint density at radius 2 is 1.57 bits per heavy atom. The van der Waals surface area contributed by atoms with Crippen LogP contribution in [0, 0.1) is 6.92 Å². The molecule has 4 nitrogen and oxygen atoms in total. The number of hydrogen-bond donors (Lipinski definition) is 1. The van der Waals surface area contributed by atoms with Crippen molar-refractivity contribution in [1.82, 2.24) is 0 Å². The van der Waals surface area contributed by atoms with Gasteiger partial charge in [-0.1, -0.05) is 42.0 Å². The zero-order chi connectivity index (χ0) is 15.5. The van der Waals surface area contributed by atoms with Gasteiger partial charge in [0, 0.05) is 0 Å². The molecule has 1 N–H and O–H groups in total. The summed E-state index contributed by atoms with van der Waals surface area (Å²) in [6.07, 6.45) is -0.181. The second-order valence-electron chi connectivity index (χ2n) is 4.91. The van der Waals surface area contributed by atoms with Gasteiger partial charge in [0.05, 0.1) is 17.1 Å². The van der Waals surface area contributed by atoms with Crippen LogP contribution >= 0.6 is 0 Å². The Morgan fingerprint density at radius 1 is 1.00 bits per heavy atom. The van der Waals surface area contributed by atoms with E-state index >= 15 is 0 Å². The van der Waals surface area contributed by atoms with Gasteiger partial charge in [-0.25, -0.2) is 8.42 Å². The quantitative estimate of drug-likeness (QED) is 0.921. The van der Waals surface area contributed by atoms with Crippen LogP contribution in [0.2, 0.25) is 0 Å². The Bertz CT molecular complexity index is 746. The lowest BCUT2D eigenvalue weighted by atomic mass is 10.1. The summed E-state index contributed by atoms with van der Waals surface area (Å²) in [7, 11) is -3.48. The van der Waals surface area contributed by atoms with Crippen LogP contribution in [0.5, 0.6) is 0 Å². The van der Waals surface area contributed by atoms with Gasteiger partial charge in [-0.05, 0) is 30.2 Å². The van der Waals surface area contributed by atoms with Crippen molar-refractivity contribution in [2.24, 2.45) is 0 Å². The Labute approximate surface area is 124 Å². The fourth-order valence-electron chi connectivity index (χ4n) is 2.07. The van der Waals surface area contributed by atoms with Gasteiger partial charge in [0.1, 0.15) is 0 Å². The number of rotatable bonds is 5. The fourth-order valence-corrected chi connectivity index (χ4v) is 3.48. The third-order valence-corrected chi connectivity index (χ3v) is 4.87. The average molecular weight is 304 g/mol. The minimum absolute atomic E-state index is 0.181. The first-order chi connectivity index (χ1) is 9.88. The summed E-state index contributed by atoms with van der Waals surface area (Å²) in [6, 6.07) is 13.4. The first kappa shape index (κ1) is 15.3. The van der Waals surface area contributed by atoms with Crippen molar-refractivity contribution in [2.45, 2.75) is 24.0 Å². The first-order valence-electron chi connectivity index (χ1n) is 6.46. The maximum Gasteiger partial charge on any atom is 0.307 e. The smallest absolute Gasteiger partial charge is 0.307 e. The lowest BCUT2D eigenvalue weighted by Crippen LogP contribution is -2.09. The molecule has 0 spiro atoms. The van der Waals surface area contributed by atoms with Crippen LogP contribution in [-0.2, 0) is 26.8 Å². The lowest BCUT2D eigenvalue weighted by Gasteiger charge is -2.09. The molecule has 110 valence electrons. The molecule has 0 aliphatic carbocycles. The maximum atomic E-state index is 12.4. The second kappa shape index (κ2) is 6.10. The minimum atomic E-state index is -3.48. The number of carboxylic acids is 1. The molecule has 0 fully saturated rings. The highest BCUT2D eigenvalue weighted by molar-refractivity contribution is 7.90. The van der Waals surface area contributed by atoms with Gasteiger partial charge in [-0.15, -0.1) is 0 Å². The summed E-state index contributed by atoms with van der Waals surface area (Å²) in [4.78, 5) is 11.1. The van der Waals surface area contributed by atoms with E-state index < -0.39 is 15.8 Å². The van der Waals surface area contributed by atoms with Gasteiger partial charge >= 0.3 is 5.97 Å². The molecule has 0 bridgehead atoms. The summed E-state index contributed by atoms with van der Waals surface area (Å²) in [5.41, 5.74) is 2.04. The van der Waals surface area contributed by atoms with E-state index in [1.54, 1.807) is 48.5 Å². The Hall–Kier alpha value is -2.14. The van der Waals surface area contributed by atoms with E-state index in [1.807, 2.05) is 6.92 Å². The maximum absolute atomic E-state index is 12.4. The van der Waals surface area contributed by atoms with E-state index in [0.29, 0.717) is 11.1 Å². The summed E-state index contributed by atoms with van der Waals surface area (Å²) in [6.45, 7) is 1.89. The summed E-state index contributed by atoms with van der Waals surface area (Å²) in [5.74, 6) is -1.17. The molecule has 0 aliphatic heterocycles. The van der Waals surface area contributed by atoms with Gasteiger partial charge in [-0.2, -0.15) is 0 Å². The Balaban J connectivity index is 2.33. The highest BCUT2D eigenvalue weighted by Crippen LogP contribution is 2.20. The normalized spacial score (nSPS) is 11.3. The summed E-state index contributed by atoms with van der Waals surface area (Å²) in [5, 5.41) is 8.89.